The van der Waals surface area contributed by atoms with Gasteiger partial charge in [0, 0.05) is 38.3 Å². The van der Waals surface area contributed by atoms with E-state index in [2.05, 4.69) is 20.4 Å². The van der Waals surface area contributed by atoms with Crippen LogP contribution in [-0.2, 0) is 0 Å². The van der Waals surface area contributed by atoms with Gasteiger partial charge in [0.15, 0.2) is 0 Å². The minimum absolute atomic E-state index is 0.149. The second kappa shape index (κ2) is 6.21. The SMILES string of the molecule is FC(F)(F)C1=CC=C(CN2CCNCC2)C(c2nnco2)C1. The topological polar surface area (TPSA) is 54.2 Å². The molecule has 1 aliphatic heterocycles. The van der Waals surface area contributed by atoms with Crippen LogP contribution in [0.1, 0.15) is 18.2 Å². The van der Waals surface area contributed by atoms with E-state index in [9.17, 15) is 13.2 Å². The lowest BCUT2D eigenvalue weighted by Crippen LogP contribution is -2.44. The van der Waals surface area contributed by atoms with E-state index in [0.29, 0.717) is 6.54 Å². The van der Waals surface area contributed by atoms with Crippen molar-refractivity contribution in [3.8, 4) is 0 Å². The summed E-state index contributed by atoms with van der Waals surface area (Å²) < 4.78 is 44.0. The summed E-state index contributed by atoms with van der Waals surface area (Å²) in [5.41, 5.74) is 0.332. The Kier molecular flexibility index (Phi) is 4.30. The van der Waals surface area contributed by atoms with Crippen LogP contribution in [0.25, 0.3) is 0 Å². The van der Waals surface area contributed by atoms with E-state index < -0.39 is 17.7 Å². The maximum atomic E-state index is 13.0. The van der Waals surface area contributed by atoms with Crippen LogP contribution in [0.15, 0.2) is 34.1 Å². The number of hydrogen-bond acceptors (Lipinski definition) is 5. The van der Waals surface area contributed by atoms with Crippen molar-refractivity contribution < 1.29 is 17.6 Å². The van der Waals surface area contributed by atoms with Crippen molar-refractivity contribution in [1.82, 2.24) is 20.4 Å². The molecule has 1 N–H and O–H groups in total. The van der Waals surface area contributed by atoms with E-state index in [1.165, 1.54) is 6.08 Å². The molecule has 1 aromatic heterocycles. The maximum absolute atomic E-state index is 13.0. The number of nitrogens with zero attached hydrogens (tertiary/aromatic N) is 3. The average Bonchev–Trinajstić information content (AvgIpc) is 3.01. The molecule has 2 heterocycles. The van der Waals surface area contributed by atoms with Gasteiger partial charge in [0.2, 0.25) is 12.3 Å². The number of alkyl halides is 3. The first-order valence-corrected chi connectivity index (χ1v) is 7.20. The third kappa shape index (κ3) is 3.38. The van der Waals surface area contributed by atoms with E-state index in [1.807, 2.05) is 0 Å². The maximum Gasteiger partial charge on any atom is 0.412 e. The second-order valence-electron chi connectivity index (χ2n) is 5.49. The molecule has 1 saturated heterocycles. The number of allylic oxidation sites excluding steroid dienone is 3. The number of nitrogens with one attached hydrogen (secondary N) is 1. The summed E-state index contributed by atoms with van der Waals surface area (Å²) in [5, 5.41) is 10.7. The van der Waals surface area contributed by atoms with E-state index in [4.69, 9.17) is 4.42 Å². The van der Waals surface area contributed by atoms with Gasteiger partial charge < -0.3 is 9.73 Å². The molecular formula is C14H17F3N4O. The first-order chi connectivity index (χ1) is 10.5. The van der Waals surface area contributed by atoms with E-state index in [1.54, 1.807) is 6.08 Å². The van der Waals surface area contributed by atoms with Crippen LogP contribution in [0, 0.1) is 0 Å². The van der Waals surface area contributed by atoms with E-state index >= 15 is 0 Å². The van der Waals surface area contributed by atoms with Crippen LogP contribution < -0.4 is 5.32 Å². The minimum Gasteiger partial charge on any atom is -0.427 e. The van der Waals surface area contributed by atoms with E-state index in [0.717, 1.165) is 38.1 Å². The van der Waals surface area contributed by atoms with Crippen molar-refractivity contribution in [2.75, 3.05) is 32.7 Å². The van der Waals surface area contributed by atoms with Gasteiger partial charge in [0.1, 0.15) is 0 Å². The van der Waals surface area contributed by atoms with Gasteiger partial charge in [-0.3, -0.25) is 4.90 Å². The fraction of sp³-hybridized carbons (Fsp3) is 0.571. The lowest BCUT2D eigenvalue weighted by Gasteiger charge is -2.31. The van der Waals surface area contributed by atoms with E-state index in [-0.39, 0.29) is 12.3 Å². The van der Waals surface area contributed by atoms with Crippen molar-refractivity contribution in [2.45, 2.75) is 18.5 Å². The molecule has 1 aromatic rings. The zero-order valence-electron chi connectivity index (χ0n) is 11.9. The number of halogens is 3. The fourth-order valence-electron chi connectivity index (χ4n) is 2.82. The van der Waals surface area contributed by atoms with Crippen molar-refractivity contribution in [2.24, 2.45) is 0 Å². The van der Waals surface area contributed by atoms with Crippen molar-refractivity contribution in [3.63, 3.8) is 0 Å². The molecule has 1 fully saturated rings. The predicted molar refractivity (Wildman–Crippen MR) is 73.2 cm³/mol. The number of rotatable bonds is 3. The van der Waals surface area contributed by atoms with Crippen LogP contribution >= 0.6 is 0 Å². The quantitative estimate of drug-likeness (QED) is 0.923. The second-order valence-corrected chi connectivity index (χ2v) is 5.49. The molecule has 0 saturated carbocycles. The molecule has 120 valence electrons. The Balaban J connectivity index is 1.82. The predicted octanol–water partition coefficient (Wildman–Crippen LogP) is 1.88. The third-order valence-corrected chi connectivity index (χ3v) is 4.03. The molecule has 3 rings (SSSR count). The number of piperazine rings is 1. The monoisotopic (exact) mass is 314 g/mol. The van der Waals surface area contributed by atoms with Crippen LogP contribution in [0.2, 0.25) is 0 Å². The molecule has 8 heteroatoms. The molecule has 2 aliphatic rings. The molecule has 1 aliphatic carbocycles. The van der Waals surface area contributed by atoms with Gasteiger partial charge in [0.25, 0.3) is 0 Å². The molecule has 1 atom stereocenters. The van der Waals surface area contributed by atoms with Gasteiger partial charge in [-0.2, -0.15) is 13.2 Å². The van der Waals surface area contributed by atoms with Crippen LogP contribution in [0.4, 0.5) is 13.2 Å². The Morgan fingerprint density at radius 2 is 2.05 bits per heavy atom. The Morgan fingerprint density at radius 1 is 1.27 bits per heavy atom. The van der Waals surface area contributed by atoms with Gasteiger partial charge >= 0.3 is 6.18 Å². The van der Waals surface area contributed by atoms with Gasteiger partial charge in [-0.05, 0) is 12.0 Å². The summed E-state index contributed by atoms with van der Waals surface area (Å²) in [6.07, 6.45) is -0.587. The Labute approximate surface area is 125 Å². The van der Waals surface area contributed by atoms with Gasteiger partial charge in [-0.15, -0.1) is 10.2 Å². The molecule has 22 heavy (non-hydrogen) atoms. The summed E-state index contributed by atoms with van der Waals surface area (Å²) in [6.45, 7) is 4.16. The lowest BCUT2D eigenvalue weighted by atomic mass is 9.86. The van der Waals surface area contributed by atoms with Crippen LogP contribution in [0.5, 0.6) is 0 Å². The molecule has 5 nitrogen and oxygen atoms in total. The third-order valence-electron chi connectivity index (χ3n) is 4.03. The highest BCUT2D eigenvalue weighted by Crippen LogP contribution is 2.40. The zero-order chi connectivity index (χ0) is 15.6. The fourth-order valence-corrected chi connectivity index (χ4v) is 2.82. The largest absolute Gasteiger partial charge is 0.427 e. The van der Waals surface area contributed by atoms with Gasteiger partial charge in [-0.1, -0.05) is 12.2 Å². The Morgan fingerprint density at radius 3 is 2.68 bits per heavy atom. The standard InChI is InChI=1S/C14H17F3N4O/c15-14(16,17)11-2-1-10(8-21-5-3-18-4-6-21)12(7-11)13-20-19-9-22-13/h1-2,9,12,18H,3-8H2. The summed E-state index contributed by atoms with van der Waals surface area (Å²) in [4.78, 5) is 2.22. The molecular weight excluding hydrogens is 297 g/mol. The lowest BCUT2D eigenvalue weighted by molar-refractivity contribution is -0.0947. The summed E-state index contributed by atoms with van der Waals surface area (Å²) >= 11 is 0. The first kappa shape index (κ1) is 15.2. The van der Waals surface area contributed by atoms with Gasteiger partial charge in [-0.25, -0.2) is 0 Å². The molecule has 1 unspecified atom stereocenters. The van der Waals surface area contributed by atoms with Crippen LogP contribution in [0.3, 0.4) is 0 Å². The zero-order valence-corrected chi connectivity index (χ0v) is 11.9. The normalized spacial score (nSPS) is 24.0. The van der Waals surface area contributed by atoms with Crippen molar-refractivity contribution in [3.05, 3.63) is 35.6 Å². The molecule has 0 radical (unpaired) electrons. The minimum atomic E-state index is -4.32. The Hall–Kier alpha value is -1.67. The van der Waals surface area contributed by atoms with Crippen molar-refractivity contribution >= 4 is 0 Å². The summed E-state index contributed by atoms with van der Waals surface area (Å²) in [6, 6.07) is 0. The highest BCUT2D eigenvalue weighted by Gasteiger charge is 2.38. The summed E-state index contributed by atoms with van der Waals surface area (Å²) in [5.74, 6) is -0.254. The number of hydrogen-bond donors (Lipinski definition) is 1. The highest BCUT2D eigenvalue weighted by molar-refractivity contribution is 5.34. The van der Waals surface area contributed by atoms with Crippen molar-refractivity contribution in [1.29, 1.82) is 0 Å². The smallest absolute Gasteiger partial charge is 0.412 e. The summed E-state index contributed by atoms with van der Waals surface area (Å²) in [7, 11) is 0. The molecule has 0 spiro atoms. The average molecular weight is 314 g/mol. The molecule has 0 aromatic carbocycles. The number of aromatic nitrogens is 2. The highest BCUT2D eigenvalue weighted by atomic mass is 19.4. The van der Waals surface area contributed by atoms with Crippen LogP contribution in [-0.4, -0.2) is 54.0 Å². The molecule has 0 amide bonds. The van der Waals surface area contributed by atoms with Gasteiger partial charge in [0.05, 0.1) is 5.92 Å². The first-order valence-electron chi connectivity index (χ1n) is 7.20. The Bertz CT molecular complexity index is 559. The molecule has 0 bridgehead atoms.